The lowest BCUT2D eigenvalue weighted by molar-refractivity contribution is 0.586. The summed E-state index contributed by atoms with van der Waals surface area (Å²) >= 11 is 3.42. The van der Waals surface area contributed by atoms with Gasteiger partial charge < -0.3 is 14.8 Å². The Morgan fingerprint density at radius 2 is 2.06 bits per heavy atom. The number of hydrogen-bond acceptors (Lipinski definition) is 5. The molecular weight excluding hydrogens is 284 g/mol. The van der Waals surface area contributed by atoms with Crippen LogP contribution in [-0.4, -0.2) is 45.7 Å². The van der Waals surface area contributed by atoms with E-state index in [1.807, 2.05) is 11.6 Å². The number of halogens is 1. The number of hydrogen-bond donors (Lipinski definition) is 1. The third-order valence-corrected chi connectivity index (χ3v) is 3.71. The molecule has 3 rings (SSSR count). The Balaban J connectivity index is 2.12. The standard InChI is InChI=1S/C10H13BrN6/c1-16-8-7(15-10(16)11)9(14-6-13-8)17-4-2-12-3-5-17/h6,12H,2-5H2,1H3. The molecule has 2 aromatic rings. The molecular formula is C10H13BrN6. The Labute approximate surface area is 107 Å². The summed E-state index contributed by atoms with van der Waals surface area (Å²) in [7, 11) is 1.94. The molecule has 0 radical (unpaired) electrons. The lowest BCUT2D eigenvalue weighted by Crippen LogP contribution is -2.44. The number of aryl methyl sites for hydroxylation is 1. The van der Waals surface area contributed by atoms with E-state index < -0.39 is 0 Å². The molecule has 90 valence electrons. The molecule has 1 saturated heterocycles. The zero-order valence-corrected chi connectivity index (χ0v) is 11.1. The molecule has 0 spiro atoms. The van der Waals surface area contributed by atoms with Crippen molar-refractivity contribution in [2.24, 2.45) is 7.05 Å². The number of imidazole rings is 1. The number of aromatic nitrogens is 4. The molecule has 1 fully saturated rings. The van der Waals surface area contributed by atoms with Crippen molar-refractivity contribution in [2.45, 2.75) is 0 Å². The summed E-state index contributed by atoms with van der Waals surface area (Å²) in [6.07, 6.45) is 1.60. The Hall–Kier alpha value is -1.21. The van der Waals surface area contributed by atoms with Crippen molar-refractivity contribution in [3.05, 3.63) is 11.1 Å². The van der Waals surface area contributed by atoms with E-state index in [4.69, 9.17) is 0 Å². The Bertz CT molecular complexity index is 545. The van der Waals surface area contributed by atoms with Crippen LogP contribution < -0.4 is 10.2 Å². The molecule has 0 aromatic carbocycles. The molecule has 0 atom stereocenters. The van der Waals surface area contributed by atoms with Gasteiger partial charge >= 0.3 is 0 Å². The first kappa shape index (κ1) is 10.9. The lowest BCUT2D eigenvalue weighted by Gasteiger charge is -2.28. The minimum Gasteiger partial charge on any atom is -0.352 e. The van der Waals surface area contributed by atoms with Crippen molar-refractivity contribution >= 4 is 32.9 Å². The first-order valence-corrected chi connectivity index (χ1v) is 6.35. The summed E-state index contributed by atoms with van der Waals surface area (Å²) in [5.74, 6) is 0.929. The predicted octanol–water partition coefficient (Wildman–Crippen LogP) is 0.535. The van der Waals surface area contributed by atoms with Crippen molar-refractivity contribution < 1.29 is 0 Å². The highest BCUT2D eigenvalue weighted by atomic mass is 79.9. The molecule has 0 unspecified atom stereocenters. The van der Waals surface area contributed by atoms with Gasteiger partial charge in [-0.05, 0) is 15.9 Å². The number of rotatable bonds is 1. The van der Waals surface area contributed by atoms with E-state index in [1.54, 1.807) is 6.33 Å². The van der Waals surface area contributed by atoms with E-state index in [2.05, 4.69) is 41.1 Å². The largest absolute Gasteiger partial charge is 0.352 e. The fourth-order valence-electron chi connectivity index (χ4n) is 2.07. The Morgan fingerprint density at radius 3 is 2.82 bits per heavy atom. The van der Waals surface area contributed by atoms with Crippen LogP contribution in [0, 0.1) is 0 Å². The second-order valence-corrected chi connectivity index (χ2v) is 4.76. The molecule has 0 saturated carbocycles. The van der Waals surface area contributed by atoms with E-state index in [9.17, 15) is 0 Å². The van der Waals surface area contributed by atoms with E-state index >= 15 is 0 Å². The SMILES string of the molecule is Cn1c(Br)nc2c(N3CCNCC3)ncnc21. The quantitative estimate of drug-likeness (QED) is 0.778. The van der Waals surface area contributed by atoms with Gasteiger partial charge in [0.15, 0.2) is 21.7 Å². The fraction of sp³-hybridized carbons (Fsp3) is 0.500. The summed E-state index contributed by atoms with van der Waals surface area (Å²) in [6.45, 7) is 3.89. The highest BCUT2D eigenvalue weighted by molar-refractivity contribution is 9.10. The highest BCUT2D eigenvalue weighted by Crippen LogP contribution is 2.24. The van der Waals surface area contributed by atoms with Crippen molar-refractivity contribution in [3.8, 4) is 0 Å². The van der Waals surface area contributed by atoms with Crippen molar-refractivity contribution in [1.82, 2.24) is 24.8 Å². The van der Waals surface area contributed by atoms with Crippen LogP contribution in [-0.2, 0) is 7.05 Å². The molecule has 7 heteroatoms. The highest BCUT2D eigenvalue weighted by Gasteiger charge is 2.18. The van der Waals surface area contributed by atoms with Crippen LogP contribution in [0.25, 0.3) is 11.2 Å². The minimum absolute atomic E-state index is 0.782. The molecule has 17 heavy (non-hydrogen) atoms. The zero-order valence-electron chi connectivity index (χ0n) is 9.52. The van der Waals surface area contributed by atoms with Gasteiger partial charge in [0.2, 0.25) is 0 Å². The Morgan fingerprint density at radius 1 is 1.29 bits per heavy atom. The summed E-state index contributed by atoms with van der Waals surface area (Å²) in [6, 6.07) is 0. The second kappa shape index (κ2) is 4.23. The molecule has 3 heterocycles. The van der Waals surface area contributed by atoms with Crippen LogP contribution in [0.15, 0.2) is 11.1 Å². The third-order valence-electron chi connectivity index (χ3n) is 3.00. The summed E-state index contributed by atoms with van der Waals surface area (Å²) < 4.78 is 2.70. The monoisotopic (exact) mass is 296 g/mol. The Kier molecular flexibility index (Phi) is 2.71. The summed E-state index contributed by atoms with van der Waals surface area (Å²) in [5.41, 5.74) is 1.73. The van der Waals surface area contributed by atoms with Gasteiger partial charge in [-0.25, -0.2) is 15.0 Å². The zero-order chi connectivity index (χ0) is 11.8. The van der Waals surface area contributed by atoms with E-state index in [-0.39, 0.29) is 0 Å². The molecule has 1 aliphatic rings. The normalized spacial score (nSPS) is 16.7. The van der Waals surface area contributed by atoms with Crippen molar-refractivity contribution in [1.29, 1.82) is 0 Å². The predicted molar refractivity (Wildman–Crippen MR) is 69.1 cm³/mol. The number of fused-ring (bicyclic) bond motifs is 1. The van der Waals surface area contributed by atoms with Gasteiger partial charge in [0.25, 0.3) is 0 Å². The number of anilines is 1. The smallest absolute Gasteiger partial charge is 0.179 e. The van der Waals surface area contributed by atoms with Crippen molar-refractivity contribution in [3.63, 3.8) is 0 Å². The van der Waals surface area contributed by atoms with Gasteiger partial charge in [0.05, 0.1) is 0 Å². The van der Waals surface area contributed by atoms with Gasteiger partial charge in [-0.1, -0.05) is 0 Å². The van der Waals surface area contributed by atoms with Crippen LogP contribution in [0.3, 0.4) is 0 Å². The minimum atomic E-state index is 0.782. The van der Waals surface area contributed by atoms with Gasteiger partial charge in [0.1, 0.15) is 6.33 Å². The molecule has 2 aromatic heterocycles. The number of piperazine rings is 1. The molecule has 1 N–H and O–H groups in total. The molecule has 0 bridgehead atoms. The van der Waals surface area contributed by atoms with E-state index in [0.717, 1.165) is 47.9 Å². The van der Waals surface area contributed by atoms with Gasteiger partial charge in [-0.15, -0.1) is 0 Å². The molecule has 0 aliphatic carbocycles. The first-order chi connectivity index (χ1) is 8.27. The lowest BCUT2D eigenvalue weighted by atomic mass is 10.3. The summed E-state index contributed by atoms with van der Waals surface area (Å²) in [4.78, 5) is 15.4. The average molecular weight is 297 g/mol. The van der Waals surface area contributed by atoms with Crippen LogP contribution in [0.5, 0.6) is 0 Å². The van der Waals surface area contributed by atoms with E-state index in [1.165, 1.54) is 0 Å². The topological polar surface area (TPSA) is 58.9 Å². The maximum atomic E-state index is 4.48. The third kappa shape index (κ3) is 1.79. The van der Waals surface area contributed by atoms with Gasteiger partial charge in [0, 0.05) is 33.2 Å². The van der Waals surface area contributed by atoms with Gasteiger partial charge in [-0.2, -0.15) is 0 Å². The number of nitrogens with one attached hydrogen (secondary N) is 1. The average Bonchev–Trinajstić information content (AvgIpc) is 2.67. The maximum absolute atomic E-state index is 4.48. The second-order valence-electron chi connectivity index (χ2n) is 4.05. The first-order valence-electron chi connectivity index (χ1n) is 5.56. The van der Waals surface area contributed by atoms with E-state index in [0.29, 0.717) is 0 Å². The molecule has 0 amide bonds. The van der Waals surface area contributed by atoms with Gasteiger partial charge in [-0.3, -0.25) is 0 Å². The maximum Gasteiger partial charge on any atom is 0.179 e. The summed E-state index contributed by atoms with van der Waals surface area (Å²) in [5, 5.41) is 3.33. The van der Waals surface area contributed by atoms with Crippen LogP contribution in [0.1, 0.15) is 0 Å². The fourth-order valence-corrected chi connectivity index (χ4v) is 2.41. The molecule has 1 aliphatic heterocycles. The van der Waals surface area contributed by atoms with Crippen molar-refractivity contribution in [2.75, 3.05) is 31.1 Å². The van der Waals surface area contributed by atoms with Crippen LogP contribution in [0.4, 0.5) is 5.82 Å². The number of nitrogens with zero attached hydrogens (tertiary/aromatic N) is 5. The molecule has 6 nitrogen and oxygen atoms in total. The van der Waals surface area contributed by atoms with Crippen LogP contribution in [0.2, 0.25) is 0 Å². The van der Waals surface area contributed by atoms with Crippen LogP contribution >= 0.6 is 15.9 Å².